The van der Waals surface area contributed by atoms with Crippen LogP contribution in [0, 0.1) is 5.92 Å². The molecule has 0 saturated heterocycles. The van der Waals surface area contributed by atoms with Crippen LogP contribution in [0.4, 0.5) is 0 Å². The van der Waals surface area contributed by atoms with Gasteiger partial charge in [-0.2, -0.15) is 0 Å². The maximum Gasteiger partial charge on any atom is 0.160 e. The molecule has 0 unspecified atom stereocenters. The third kappa shape index (κ3) is 6.77. The van der Waals surface area contributed by atoms with Crippen molar-refractivity contribution in [2.75, 3.05) is 19.8 Å². The van der Waals surface area contributed by atoms with E-state index in [1.807, 2.05) is 26.0 Å². The quantitative estimate of drug-likeness (QED) is 0.523. The van der Waals surface area contributed by atoms with Gasteiger partial charge in [-0.3, -0.25) is 4.79 Å². The summed E-state index contributed by atoms with van der Waals surface area (Å²) in [5, 5.41) is 0. The van der Waals surface area contributed by atoms with Crippen LogP contribution < -0.4 is 10.9 Å². The Morgan fingerprint density at radius 1 is 0.929 bits per heavy atom. The maximum atomic E-state index is 11.5. The average molecular weight is 386 g/mol. The fraction of sp³-hybridized carbons (Fsp3) is 0.458. The largest absolute Gasteiger partial charge is 0.491 e. The predicted molar refractivity (Wildman–Crippen MR) is 116 cm³/mol. The van der Waals surface area contributed by atoms with Crippen LogP contribution >= 0.6 is 0 Å². The first-order chi connectivity index (χ1) is 12.8. The second-order valence-electron chi connectivity index (χ2n) is 7.86. The zero-order valence-electron chi connectivity index (χ0n) is 18.0. The van der Waals surface area contributed by atoms with Crippen LogP contribution in [0.15, 0.2) is 48.5 Å². The molecule has 0 spiro atoms. The summed E-state index contributed by atoms with van der Waals surface area (Å²) >= 11 is 0. The zero-order chi connectivity index (χ0) is 19.9. The first kappa shape index (κ1) is 23.9. The van der Waals surface area contributed by atoms with Gasteiger partial charge in [0.05, 0.1) is 6.61 Å². The van der Waals surface area contributed by atoms with Crippen LogP contribution in [0.25, 0.3) is 11.1 Å². The lowest BCUT2D eigenvalue weighted by atomic mass is 9.82. The highest BCUT2D eigenvalue weighted by Gasteiger charge is 2.17. The van der Waals surface area contributed by atoms with Crippen LogP contribution in [0.5, 0.6) is 5.75 Å². The third-order valence-corrected chi connectivity index (χ3v) is 5.12. The van der Waals surface area contributed by atoms with Crippen LogP contribution in [-0.4, -0.2) is 25.6 Å². The molecule has 154 valence electrons. The molecule has 0 amide bonds. The fourth-order valence-corrected chi connectivity index (χ4v) is 2.62. The van der Waals surface area contributed by atoms with Crippen LogP contribution in [-0.2, 0) is 14.9 Å². The van der Waals surface area contributed by atoms with Crippen molar-refractivity contribution in [3.63, 3.8) is 0 Å². The van der Waals surface area contributed by atoms with Gasteiger partial charge in [0, 0.05) is 5.92 Å². The van der Waals surface area contributed by atoms with Crippen LogP contribution in [0.1, 0.15) is 46.6 Å². The fourth-order valence-electron chi connectivity index (χ4n) is 2.62. The molecule has 2 rings (SSSR count). The topological polar surface area (TPSA) is 70.5 Å². The number of hydrogen-bond donors (Lipinski definition) is 1. The molecular weight excluding hydrogens is 350 g/mol. The molecule has 2 aromatic rings. The van der Waals surface area contributed by atoms with Gasteiger partial charge in [-0.15, -0.1) is 0 Å². The summed E-state index contributed by atoms with van der Waals surface area (Å²) in [4.78, 5) is 11.5. The van der Waals surface area contributed by atoms with Gasteiger partial charge in [0.25, 0.3) is 0 Å². The molecule has 0 aromatic heterocycles. The van der Waals surface area contributed by atoms with E-state index in [-0.39, 0.29) is 29.9 Å². The van der Waals surface area contributed by atoms with E-state index >= 15 is 0 Å². The van der Waals surface area contributed by atoms with Crippen molar-refractivity contribution in [2.24, 2.45) is 5.92 Å². The number of hydrogen-bond acceptors (Lipinski definition) is 4. The van der Waals surface area contributed by atoms with Gasteiger partial charge >= 0.3 is 0 Å². The molecule has 0 heterocycles. The van der Waals surface area contributed by atoms with E-state index < -0.39 is 0 Å². The van der Waals surface area contributed by atoms with E-state index in [0.717, 1.165) is 12.2 Å². The smallest absolute Gasteiger partial charge is 0.160 e. The molecule has 4 heteroatoms. The minimum atomic E-state index is 0. The highest BCUT2D eigenvalue weighted by molar-refractivity contribution is 5.81. The number of ketones is 1. The maximum absolute atomic E-state index is 11.5. The van der Waals surface area contributed by atoms with E-state index in [0.29, 0.717) is 13.2 Å². The molecule has 2 aromatic carbocycles. The van der Waals surface area contributed by atoms with E-state index in [9.17, 15) is 4.79 Å². The van der Waals surface area contributed by atoms with Crippen molar-refractivity contribution in [1.29, 1.82) is 0 Å². The number of rotatable bonds is 10. The molecule has 0 radical (unpaired) electrons. The molecule has 0 saturated carbocycles. The Morgan fingerprint density at radius 2 is 1.46 bits per heavy atom. The van der Waals surface area contributed by atoms with Gasteiger partial charge in [0.15, 0.2) is 5.78 Å². The lowest BCUT2D eigenvalue weighted by Gasteiger charge is -2.23. The van der Waals surface area contributed by atoms with Gasteiger partial charge in [0.1, 0.15) is 19.0 Å². The van der Waals surface area contributed by atoms with Crippen molar-refractivity contribution >= 4 is 5.78 Å². The number of carbonyl (C=O) groups excluding carboxylic acids is 1. The molecule has 0 bridgehead atoms. The minimum absolute atomic E-state index is 0. The number of benzene rings is 2. The summed E-state index contributed by atoms with van der Waals surface area (Å²) < 4.78 is 11.0. The number of ether oxygens (including phenoxy) is 2. The molecule has 0 atom stereocenters. The van der Waals surface area contributed by atoms with E-state index in [4.69, 9.17) is 9.47 Å². The van der Waals surface area contributed by atoms with Gasteiger partial charge < -0.3 is 15.6 Å². The van der Waals surface area contributed by atoms with Crippen LogP contribution in [0.3, 0.4) is 0 Å². The third-order valence-electron chi connectivity index (χ3n) is 5.12. The van der Waals surface area contributed by atoms with E-state index in [2.05, 4.69) is 57.2 Å². The van der Waals surface area contributed by atoms with E-state index in [1.165, 1.54) is 16.7 Å². The molecule has 0 aliphatic rings. The molecule has 4 nitrogen and oxygen atoms in total. The standard InChI is InChI=1S/C24H32O3.H3N/c1-6-24(4,5)21-11-7-19(8-12-21)20-9-13-22(14-10-20)27-16-15-26-17-23(25)18(2)3;/h7-14,18H,6,15-17H2,1-5H3;1H3. The molecule has 3 N–H and O–H groups in total. The summed E-state index contributed by atoms with van der Waals surface area (Å²) in [6.07, 6.45) is 1.12. The highest BCUT2D eigenvalue weighted by atomic mass is 16.5. The lowest BCUT2D eigenvalue weighted by Crippen LogP contribution is -2.17. The second kappa shape index (κ2) is 11.0. The molecular formula is C24H35NO3. The molecule has 0 fully saturated rings. The van der Waals surface area contributed by atoms with Crippen molar-refractivity contribution in [2.45, 2.75) is 46.5 Å². The van der Waals surface area contributed by atoms with Crippen LogP contribution in [0.2, 0.25) is 0 Å². The monoisotopic (exact) mass is 385 g/mol. The number of carbonyl (C=O) groups is 1. The van der Waals surface area contributed by atoms with Gasteiger partial charge in [0.2, 0.25) is 0 Å². The normalized spacial score (nSPS) is 11.2. The summed E-state index contributed by atoms with van der Waals surface area (Å²) in [5.41, 5.74) is 3.94. The molecule has 0 aliphatic carbocycles. The number of Topliss-reactive ketones (excluding diaryl/α,β-unsaturated/α-hetero) is 1. The van der Waals surface area contributed by atoms with Gasteiger partial charge in [-0.25, -0.2) is 0 Å². The minimum Gasteiger partial charge on any atom is -0.491 e. The lowest BCUT2D eigenvalue weighted by molar-refractivity contribution is -0.126. The first-order valence-corrected chi connectivity index (χ1v) is 9.77. The molecule has 0 aliphatic heterocycles. The average Bonchev–Trinajstić information content (AvgIpc) is 2.68. The Balaban J connectivity index is 0.00000392. The molecule has 28 heavy (non-hydrogen) atoms. The summed E-state index contributed by atoms with van der Waals surface area (Å²) in [5.74, 6) is 0.939. The highest BCUT2D eigenvalue weighted by Crippen LogP contribution is 2.29. The van der Waals surface area contributed by atoms with Crippen molar-refractivity contribution in [3.8, 4) is 16.9 Å². The Bertz CT molecular complexity index is 719. The Labute approximate surface area is 169 Å². The van der Waals surface area contributed by atoms with Crippen molar-refractivity contribution in [3.05, 3.63) is 54.1 Å². The predicted octanol–water partition coefficient (Wildman–Crippen LogP) is 5.82. The first-order valence-electron chi connectivity index (χ1n) is 9.77. The summed E-state index contributed by atoms with van der Waals surface area (Å²) in [7, 11) is 0. The van der Waals surface area contributed by atoms with Crippen molar-refractivity contribution < 1.29 is 14.3 Å². The second-order valence-corrected chi connectivity index (χ2v) is 7.86. The Hall–Kier alpha value is -2.17. The Morgan fingerprint density at radius 3 is 1.96 bits per heavy atom. The van der Waals surface area contributed by atoms with Gasteiger partial charge in [-0.05, 0) is 40.7 Å². The summed E-state index contributed by atoms with van der Waals surface area (Å²) in [6, 6.07) is 16.9. The zero-order valence-corrected chi connectivity index (χ0v) is 18.0. The summed E-state index contributed by atoms with van der Waals surface area (Å²) in [6.45, 7) is 11.5. The Kier molecular flexibility index (Phi) is 9.36. The SMILES string of the molecule is CCC(C)(C)c1ccc(-c2ccc(OCCOCC(=O)C(C)C)cc2)cc1.N. The van der Waals surface area contributed by atoms with Gasteiger partial charge in [-0.1, -0.05) is 71.0 Å². The van der Waals surface area contributed by atoms with Crippen molar-refractivity contribution in [1.82, 2.24) is 6.15 Å². The van der Waals surface area contributed by atoms with E-state index in [1.54, 1.807) is 0 Å².